The smallest absolute Gasteiger partial charge is 0.416 e. The number of nitrogens with zero attached hydrogens (tertiary/aromatic N) is 2. The molecular weight excluding hydrogens is 222 g/mol. The molecule has 2 atom stereocenters. The number of primary amides is 1. The number of amides is 1. The molecule has 92 valence electrons. The van der Waals surface area contributed by atoms with E-state index in [9.17, 15) is 9.59 Å². The fourth-order valence-corrected chi connectivity index (χ4v) is 2.37. The third-order valence-electron chi connectivity index (χ3n) is 3.32. The van der Waals surface area contributed by atoms with Gasteiger partial charge in [-0.1, -0.05) is 6.42 Å². The Morgan fingerprint density at radius 3 is 2.82 bits per heavy atom. The number of imidazole rings is 1. The Hall–Kier alpha value is -1.85. The Labute approximate surface area is 98.4 Å². The van der Waals surface area contributed by atoms with Crippen molar-refractivity contribution < 1.29 is 14.7 Å². The van der Waals surface area contributed by atoms with Crippen LogP contribution in [0.2, 0.25) is 0 Å². The maximum absolute atomic E-state index is 11.1. The van der Waals surface area contributed by atoms with Crippen LogP contribution in [-0.2, 0) is 4.79 Å². The van der Waals surface area contributed by atoms with E-state index in [1.807, 2.05) is 0 Å². The summed E-state index contributed by atoms with van der Waals surface area (Å²) in [7, 11) is 0. The Balaban J connectivity index is 2.10. The first-order valence-corrected chi connectivity index (χ1v) is 5.64. The fraction of sp³-hybridized carbons (Fsp3) is 0.545. The summed E-state index contributed by atoms with van der Waals surface area (Å²) < 4.78 is 1.03. The molecule has 1 saturated carbocycles. The number of rotatable bonds is 2. The molecule has 3 N–H and O–H groups in total. The van der Waals surface area contributed by atoms with Gasteiger partial charge in [0.1, 0.15) is 6.33 Å². The highest BCUT2D eigenvalue weighted by Gasteiger charge is 2.28. The van der Waals surface area contributed by atoms with Crippen LogP contribution in [0.4, 0.5) is 4.79 Å². The third-order valence-corrected chi connectivity index (χ3v) is 3.32. The molecule has 1 aliphatic rings. The van der Waals surface area contributed by atoms with E-state index in [0.717, 1.165) is 29.5 Å². The van der Waals surface area contributed by atoms with Crippen LogP contribution in [0.1, 0.15) is 37.3 Å². The van der Waals surface area contributed by atoms with Crippen molar-refractivity contribution in [3.05, 3.63) is 18.2 Å². The lowest BCUT2D eigenvalue weighted by Gasteiger charge is -2.25. The number of carbonyl (C=O) groups excluding carboxylic acids is 1. The standard InChI is InChI=1S/C11H15N3O3/c12-10(15)8-3-1-2-7(4-8)9-5-14(6-13-9)11(16)17/h5-8H,1-4H2,(H2,12,15)(H,16,17). The van der Waals surface area contributed by atoms with Crippen LogP contribution in [0, 0.1) is 5.92 Å². The van der Waals surface area contributed by atoms with Gasteiger partial charge in [-0.05, 0) is 19.3 Å². The minimum absolute atomic E-state index is 0.108. The number of hydrogen-bond acceptors (Lipinski definition) is 3. The number of hydrogen-bond donors (Lipinski definition) is 2. The lowest BCUT2D eigenvalue weighted by molar-refractivity contribution is -0.122. The number of carbonyl (C=O) groups is 2. The Bertz CT molecular complexity index is 441. The fourth-order valence-electron chi connectivity index (χ4n) is 2.37. The van der Waals surface area contributed by atoms with Gasteiger partial charge in [-0.2, -0.15) is 0 Å². The van der Waals surface area contributed by atoms with Crippen molar-refractivity contribution in [3.63, 3.8) is 0 Å². The highest BCUT2D eigenvalue weighted by molar-refractivity contribution is 5.76. The van der Waals surface area contributed by atoms with Crippen LogP contribution < -0.4 is 5.73 Å². The number of nitrogens with two attached hydrogens (primary N) is 1. The van der Waals surface area contributed by atoms with Gasteiger partial charge in [0.05, 0.1) is 5.69 Å². The van der Waals surface area contributed by atoms with Crippen molar-refractivity contribution >= 4 is 12.0 Å². The zero-order valence-electron chi connectivity index (χ0n) is 9.37. The Morgan fingerprint density at radius 2 is 2.24 bits per heavy atom. The molecule has 0 aliphatic heterocycles. The van der Waals surface area contributed by atoms with Gasteiger partial charge in [-0.3, -0.25) is 4.79 Å². The quantitative estimate of drug-likeness (QED) is 0.806. The second-order valence-electron chi connectivity index (χ2n) is 4.45. The van der Waals surface area contributed by atoms with Crippen LogP contribution in [-0.4, -0.2) is 26.7 Å². The summed E-state index contributed by atoms with van der Waals surface area (Å²) in [5, 5.41) is 8.79. The van der Waals surface area contributed by atoms with Crippen molar-refractivity contribution in [1.29, 1.82) is 0 Å². The van der Waals surface area contributed by atoms with Gasteiger partial charge in [-0.15, -0.1) is 0 Å². The molecule has 1 amide bonds. The van der Waals surface area contributed by atoms with Crippen molar-refractivity contribution in [2.75, 3.05) is 0 Å². The average molecular weight is 237 g/mol. The molecule has 17 heavy (non-hydrogen) atoms. The largest absolute Gasteiger partial charge is 0.464 e. The lowest BCUT2D eigenvalue weighted by atomic mass is 9.80. The normalized spacial score (nSPS) is 24.5. The first kappa shape index (κ1) is 11.6. The SMILES string of the molecule is NC(=O)C1CCCC(c2cn(C(=O)O)cn2)C1. The summed E-state index contributed by atoms with van der Waals surface area (Å²) in [6.45, 7) is 0. The van der Waals surface area contributed by atoms with Gasteiger partial charge in [0.25, 0.3) is 0 Å². The van der Waals surface area contributed by atoms with Crippen LogP contribution in [0.25, 0.3) is 0 Å². The molecule has 1 fully saturated rings. The molecule has 2 unspecified atom stereocenters. The monoisotopic (exact) mass is 237 g/mol. The zero-order valence-corrected chi connectivity index (χ0v) is 9.37. The van der Waals surface area contributed by atoms with E-state index in [2.05, 4.69) is 4.98 Å². The van der Waals surface area contributed by atoms with Gasteiger partial charge >= 0.3 is 6.09 Å². The summed E-state index contributed by atoms with van der Waals surface area (Å²) in [6.07, 6.45) is 5.10. The second-order valence-corrected chi connectivity index (χ2v) is 4.45. The van der Waals surface area contributed by atoms with E-state index in [0.29, 0.717) is 6.42 Å². The Kier molecular flexibility index (Phi) is 3.12. The molecule has 6 heteroatoms. The highest BCUT2D eigenvalue weighted by atomic mass is 16.4. The summed E-state index contributed by atoms with van der Waals surface area (Å²) in [5.41, 5.74) is 6.04. The van der Waals surface area contributed by atoms with Crippen molar-refractivity contribution in [1.82, 2.24) is 9.55 Å². The first-order chi connectivity index (χ1) is 8.08. The Morgan fingerprint density at radius 1 is 1.47 bits per heavy atom. The predicted molar refractivity (Wildman–Crippen MR) is 59.5 cm³/mol. The first-order valence-electron chi connectivity index (χ1n) is 5.64. The number of aromatic nitrogens is 2. The van der Waals surface area contributed by atoms with Gasteiger partial charge in [-0.25, -0.2) is 14.3 Å². The van der Waals surface area contributed by atoms with Crippen molar-refractivity contribution in [2.45, 2.75) is 31.6 Å². The third kappa shape index (κ3) is 2.46. The zero-order chi connectivity index (χ0) is 12.4. The van der Waals surface area contributed by atoms with Gasteiger partial charge in [0, 0.05) is 18.0 Å². The molecule has 1 aromatic heterocycles. The molecule has 0 radical (unpaired) electrons. The van der Waals surface area contributed by atoms with Crippen molar-refractivity contribution in [3.8, 4) is 0 Å². The van der Waals surface area contributed by atoms with E-state index >= 15 is 0 Å². The van der Waals surface area contributed by atoms with Crippen LogP contribution in [0.3, 0.4) is 0 Å². The van der Waals surface area contributed by atoms with Gasteiger partial charge < -0.3 is 10.8 Å². The van der Waals surface area contributed by atoms with Crippen molar-refractivity contribution in [2.24, 2.45) is 11.7 Å². The minimum atomic E-state index is -1.05. The van der Waals surface area contributed by atoms with E-state index < -0.39 is 6.09 Å². The maximum Gasteiger partial charge on any atom is 0.416 e. The maximum atomic E-state index is 11.1. The van der Waals surface area contributed by atoms with E-state index in [1.54, 1.807) is 0 Å². The molecule has 0 spiro atoms. The minimum Gasteiger partial charge on any atom is -0.464 e. The highest BCUT2D eigenvalue weighted by Crippen LogP contribution is 2.35. The summed E-state index contributed by atoms with van der Waals surface area (Å²) in [6, 6.07) is 0. The van der Waals surface area contributed by atoms with E-state index in [1.165, 1.54) is 12.5 Å². The molecule has 1 aromatic rings. The van der Waals surface area contributed by atoms with Crippen LogP contribution >= 0.6 is 0 Å². The van der Waals surface area contributed by atoms with E-state index in [4.69, 9.17) is 10.8 Å². The lowest BCUT2D eigenvalue weighted by Crippen LogP contribution is -2.28. The topological polar surface area (TPSA) is 98.2 Å². The van der Waals surface area contributed by atoms with Crippen LogP contribution in [0.5, 0.6) is 0 Å². The molecule has 0 aromatic carbocycles. The molecular formula is C11H15N3O3. The summed E-state index contributed by atoms with van der Waals surface area (Å²) in [4.78, 5) is 26.0. The molecule has 1 aliphatic carbocycles. The predicted octanol–water partition coefficient (Wildman–Crippen LogP) is 1.17. The number of carboxylic acid groups (broad SMARTS) is 1. The molecule has 0 saturated heterocycles. The molecule has 1 heterocycles. The molecule has 0 bridgehead atoms. The van der Waals surface area contributed by atoms with Gasteiger partial charge in [0.15, 0.2) is 0 Å². The average Bonchev–Trinajstić information content (AvgIpc) is 2.78. The van der Waals surface area contributed by atoms with E-state index in [-0.39, 0.29) is 17.7 Å². The summed E-state index contributed by atoms with van der Waals surface area (Å²) in [5.74, 6) is -0.238. The van der Waals surface area contributed by atoms with Crippen LogP contribution in [0.15, 0.2) is 12.5 Å². The molecule has 2 rings (SSSR count). The van der Waals surface area contributed by atoms with Gasteiger partial charge in [0.2, 0.25) is 5.91 Å². The summed E-state index contributed by atoms with van der Waals surface area (Å²) >= 11 is 0. The molecule has 6 nitrogen and oxygen atoms in total. The second kappa shape index (κ2) is 4.57.